The minimum absolute atomic E-state index is 0.537. The first-order valence-corrected chi connectivity index (χ1v) is 7.39. The Hall–Kier alpha value is -0.0800. The number of hydrogen-bond donors (Lipinski definition) is 0. The first kappa shape index (κ1) is 13.4. The molecule has 17 heavy (non-hydrogen) atoms. The van der Waals surface area contributed by atoms with Crippen LogP contribution >= 0.6 is 0 Å². The highest BCUT2D eigenvalue weighted by Gasteiger charge is 2.29. The van der Waals surface area contributed by atoms with E-state index in [-0.39, 0.29) is 0 Å². The SMILES string of the molecule is COC1CCCC(C2CCC(OC)CC2)CC1. The van der Waals surface area contributed by atoms with E-state index in [2.05, 4.69) is 0 Å². The van der Waals surface area contributed by atoms with Gasteiger partial charge in [-0.15, -0.1) is 0 Å². The first-order chi connectivity index (χ1) is 8.33. The van der Waals surface area contributed by atoms with Gasteiger partial charge in [-0.25, -0.2) is 0 Å². The summed E-state index contributed by atoms with van der Waals surface area (Å²) in [7, 11) is 3.73. The summed E-state index contributed by atoms with van der Waals surface area (Å²) in [6.45, 7) is 0. The van der Waals surface area contributed by atoms with Gasteiger partial charge in [0.1, 0.15) is 0 Å². The number of methoxy groups -OCH3 is 2. The van der Waals surface area contributed by atoms with E-state index in [1.165, 1.54) is 57.8 Å². The van der Waals surface area contributed by atoms with Crippen LogP contribution in [0.25, 0.3) is 0 Å². The van der Waals surface area contributed by atoms with E-state index < -0.39 is 0 Å². The van der Waals surface area contributed by atoms with Crippen molar-refractivity contribution in [2.45, 2.75) is 70.0 Å². The minimum Gasteiger partial charge on any atom is -0.381 e. The maximum Gasteiger partial charge on any atom is 0.0571 e. The van der Waals surface area contributed by atoms with Crippen LogP contribution in [0.3, 0.4) is 0 Å². The maximum atomic E-state index is 5.52. The summed E-state index contributed by atoms with van der Waals surface area (Å²) in [6, 6.07) is 0. The third-order valence-corrected chi connectivity index (χ3v) is 5.01. The van der Waals surface area contributed by atoms with Crippen LogP contribution in [0.2, 0.25) is 0 Å². The van der Waals surface area contributed by atoms with Crippen LogP contribution in [0.5, 0.6) is 0 Å². The Morgan fingerprint density at radius 3 is 1.59 bits per heavy atom. The summed E-state index contributed by atoms with van der Waals surface area (Å²) in [4.78, 5) is 0. The Bertz CT molecular complexity index is 209. The lowest BCUT2D eigenvalue weighted by Crippen LogP contribution is -2.25. The molecule has 0 aliphatic heterocycles. The zero-order chi connectivity index (χ0) is 12.1. The van der Waals surface area contributed by atoms with Gasteiger partial charge >= 0.3 is 0 Å². The predicted molar refractivity (Wildman–Crippen MR) is 70.1 cm³/mol. The minimum atomic E-state index is 0.537. The van der Waals surface area contributed by atoms with Gasteiger partial charge in [-0.3, -0.25) is 0 Å². The highest BCUT2D eigenvalue weighted by Crippen LogP contribution is 2.38. The standard InChI is InChI=1S/C15H28O2/c1-16-14-5-3-4-12(6-9-14)13-7-10-15(17-2)11-8-13/h12-15H,3-11H2,1-2H3. The third-order valence-electron chi connectivity index (χ3n) is 5.01. The second kappa shape index (κ2) is 6.75. The first-order valence-electron chi connectivity index (χ1n) is 7.39. The van der Waals surface area contributed by atoms with Gasteiger partial charge in [0.25, 0.3) is 0 Å². The van der Waals surface area contributed by atoms with Gasteiger partial charge in [0, 0.05) is 14.2 Å². The second-order valence-corrected chi connectivity index (χ2v) is 5.90. The van der Waals surface area contributed by atoms with Gasteiger partial charge < -0.3 is 9.47 Å². The Kier molecular flexibility index (Phi) is 5.30. The van der Waals surface area contributed by atoms with E-state index in [9.17, 15) is 0 Å². The van der Waals surface area contributed by atoms with E-state index in [4.69, 9.17) is 9.47 Å². The van der Waals surface area contributed by atoms with Crippen LogP contribution in [0, 0.1) is 11.8 Å². The summed E-state index contributed by atoms with van der Waals surface area (Å²) in [5.41, 5.74) is 0. The van der Waals surface area contributed by atoms with Gasteiger partial charge in [0.2, 0.25) is 0 Å². The summed E-state index contributed by atoms with van der Waals surface area (Å²) >= 11 is 0. The lowest BCUT2D eigenvalue weighted by atomic mass is 9.76. The molecule has 0 spiro atoms. The number of ether oxygens (including phenoxy) is 2. The van der Waals surface area contributed by atoms with Crippen molar-refractivity contribution in [3.8, 4) is 0 Å². The van der Waals surface area contributed by atoms with Gasteiger partial charge in [0.15, 0.2) is 0 Å². The van der Waals surface area contributed by atoms with Gasteiger partial charge in [-0.1, -0.05) is 12.8 Å². The molecule has 2 saturated carbocycles. The molecule has 2 unspecified atom stereocenters. The molecule has 0 radical (unpaired) electrons. The molecule has 0 aromatic heterocycles. The van der Waals surface area contributed by atoms with E-state index in [1.807, 2.05) is 14.2 Å². The monoisotopic (exact) mass is 240 g/mol. The highest BCUT2D eigenvalue weighted by molar-refractivity contribution is 4.81. The molecule has 0 N–H and O–H groups in total. The quantitative estimate of drug-likeness (QED) is 0.699. The molecule has 0 bridgehead atoms. The van der Waals surface area contributed by atoms with E-state index in [0.717, 1.165) is 11.8 Å². The zero-order valence-electron chi connectivity index (χ0n) is 11.5. The van der Waals surface area contributed by atoms with E-state index in [1.54, 1.807) is 0 Å². The fourth-order valence-electron chi connectivity index (χ4n) is 3.80. The van der Waals surface area contributed by atoms with Crippen LogP contribution in [0.4, 0.5) is 0 Å². The summed E-state index contributed by atoms with van der Waals surface area (Å²) < 4.78 is 11.0. The Labute approximate surface area is 106 Å². The molecule has 0 heterocycles. The smallest absolute Gasteiger partial charge is 0.0571 e. The van der Waals surface area contributed by atoms with Crippen LogP contribution in [0.15, 0.2) is 0 Å². The van der Waals surface area contributed by atoms with Gasteiger partial charge in [-0.05, 0) is 56.8 Å². The third kappa shape index (κ3) is 3.69. The summed E-state index contributed by atoms with van der Waals surface area (Å²) in [5, 5.41) is 0. The summed E-state index contributed by atoms with van der Waals surface area (Å²) in [5.74, 6) is 1.94. The zero-order valence-corrected chi connectivity index (χ0v) is 11.5. The Morgan fingerprint density at radius 2 is 1.06 bits per heavy atom. The largest absolute Gasteiger partial charge is 0.381 e. The average molecular weight is 240 g/mol. The Morgan fingerprint density at radius 1 is 0.588 bits per heavy atom. The molecule has 2 fully saturated rings. The van der Waals surface area contributed by atoms with E-state index >= 15 is 0 Å². The molecule has 0 aromatic rings. The molecular formula is C15H28O2. The molecular weight excluding hydrogens is 212 g/mol. The van der Waals surface area contributed by atoms with Crippen molar-refractivity contribution in [1.29, 1.82) is 0 Å². The van der Waals surface area contributed by atoms with E-state index in [0.29, 0.717) is 12.2 Å². The molecule has 0 aromatic carbocycles. The fourth-order valence-corrected chi connectivity index (χ4v) is 3.80. The highest BCUT2D eigenvalue weighted by atomic mass is 16.5. The van der Waals surface area contributed by atoms with Gasteiger partial charge in [0.05, 0.1) is 12.2 Å². The molecule has 2 aliphatic carbocycles. The molecule has 0 saturated heterocycles. The average Bonchev–Trinajstić information content (AvgIpc) is 2.64. The van der Waals surface area contributed by atoms with Crippen molar-refractivity contribution >= 4 is 0 Å². The van der Waals surface area contributed by atoms with Crippen molar-refractivity contribution in [1.82, 2.24) is 0 Å². The van der Waals surface area contributed by atoms with Crippen LogP contribution < -0.4 is 0 Å². The molecule has 2 rings (SSSR count). The van der Waals surface area contributed by atoms with Crippen molar-refractivity contribution in [2.75, 3.05) is 14.2 Å². The topological polar surface area (TPSA) is 18.5 Å². The molecule has 0 amide bonds. The van der Waals surface area contributed by atoms with Crippen molar-refractivity contribution in [3.05, 3.63) is 0 Å². The Balaban J connectivity index is 1.78. The van der Waals surface area contributed by atoms with Crippen molar-refractivity contribution in [3.63, 3.8) is 0 Å². The normalized spacial score (nSPS) is 39.9. The lowest BCUT2D eigenvalue weighted by Gasteiger charge is -2.33. The van der Waals surface area contributed by atoms with Crippen molar-refractivity contribution in [2.24, 2.45) is 11.8 Å². The molecule has 2 heteroatoms. The van der Waals surface area contributed by atoms with Crippen LogP contribution in [-0.2, 0) is 9.47 Å². The molecule has 2 atom stereocenters. The van der Waals surface area contributed by atoms with Gasteiger partial charge in [-0.2, -0.15) is 0 Å². The van der Waals surface area contributed by atoms with Crippen LogP contribution in [-0.4, -0.2) is 26.4 Å². The lowest BCUT2D eigenvalue weighted by molar-refractivity contribution is 0.0433. The molecule has 2 nitrogen and oxygen atoms in total. The fraction of sp³-hybridized carbons (Fsp3) is 1.00. The van der Waals surface area contributed by atoms with Crippen molar-refractivity contribution < 1.29 is 9.47 Å². The number of hydrogen-bond acceptors (Lipinski definition) is 2. The molecule has 100 valence electrons. The molecule has 2 aliphatic rings. The number of rotatable bonds is 3. The second-order valence-electron chi connectivity index (χ2n) is 5.90. The predicted octanol–water partition coefficient (Wildman–Crippen LogP) is 3.79. The summed E-state index contributed by atoms with van der Waals surface area (Å²) in [6.07, 6.45) is 13.2. The maximum absolute atomic E-state index is 5.52. The van der Waals surface area contributed by atoms with Crippen LogP contribution in [0.1, 0.15) is 57.8 Å².